The molecule has 0 spiro atoms. The van der Waals surface area contributed by atoms with Gasteiger partial charge in [0, 0.05) is 0 Å². The Hall–Kier alpha value is -2.53. The van der Waals surface area contributed by atoms with Gasteiger partial charge >= 0.3 is 0 Å². The molecule has 4 fully saturated rings. The van der Waals surface area contributed by atoms with Crippen molar-refractivity contribution in [3.8, 4) is 17.9 Å². The second kappa shape index (κ2) is 5.53. The molecule has 4 aliphatic rings. The molecule has 4 aliphatic carbocycles. The Labute approximate surface area is 141 Å². The number of hydrogen-bond acceptors (Lipinski definition) is 5. The number of nitrogens with zero attached hydrogens (tertiary/aromatic N) is 3. The van der Waals surface area contributed by atoms with Crippen molar-refractivity contribution in [2.45, 2.75) is 43.9 Å². The van der Waals surface area contributed by atoms with Crippen LogP contribution in [0.15, 0.2) is 23.3 Å². The van der Waals surface area contributed by atoms with Crippen molar-refractivity contribution in [3.63, 3.8) is 0 Å². The van der Waals surface area contributed by atoms with Crippen molar-refractivity contribution in [2.24, 2.45) is 22.9 Å². The van der Waals surface area contributed by atoms with Gasteiger partial charge in [-0.25, -0.2) is 0 Å². The lowest BCUT2D eigenvalue weighted by molar-refractivity contribution is -0.00517. The standard InChI is InChI=1S/C19H20N4O/c20-10-16(11-21)22-23-17-6-15(1-2-18(17)24)19-7-12-3-13(8-19)5-14(4-12)9-19/h1-2,6,12-14,23-24H,3-5,7-9H2. The van der Waals surface area contributed by atoms with Crippen LogP contribution in [0.3, 0.4) is 0 Å². The summed E-state index contributed by atoms with van der Waals surface area (Å²) in [5.74, 6) is 2.64. The Morgan fingerprint density at radius 2 is 1.67 bits per heavy atom. The topological polar surface area (TPSA) is 92.2 Å². The van der Waals surface area contributed by atoms with E-state index in [-0.39, 0.29) is 16.9 Å². The first-order valence-corrected chi connectivity index (χ1v) is 8.59. The molecule has 4 bridgehead atoms. The Morgan fingerprint density at radius 1 is 1.08 bits per heavy atom. The summed E-state index contributed by atoms with van der Waals surface area (Å²) in [6, 6.07) is 9.11. The molecule has 1 aromatic rings. The summed E-state index contributed by atoms with van der Waals surface area (Å²) in [5.41, 5.74) is 4.38. The number of nitrogens with one attached hydrogen (secondary N) is 1. The van der Waals surface area contributed by atoms with E-state index in [1.54, 1.807) is 18.2 Å². The highest BCUT2D eigenvalue weighted by Crippen LogP contribution is 2.61. The molecule has 122 valence electrons. The van der Waals surface area contributed by atoms with E-state index in [0.717, 1.165) is 17.8 Å². The highest BCUT2D eigenvalue weighted by atomic mass is 16.3. The molecule has 5 nitrogen and oxygen atoms in total. The number of hydrogen-bond donors (Lipinski definition) is 2. The zero-order valence-corrected chi connectivity index (χ0v) is 13.5. The summed E-state index contributed by atoms with van der Waals surface area (Å²) in [4.78, 5) is 0. The third-order valence-electron chi connectivity index (χ3n) is 6.15. The van der Waals surface area contributed by atoms with E-state index in [4.69, 9.17) is 10.5 Å². The third kappa shape index (κ3) is 2.41. The molecule has 0 atom stereocenters. The van der Waals surface area contributed by atoms with Gasteiger partial charge in [-0.3, -0.25) is 5.43 Å². The zero-order valence-electron chi connectivity index (χ0n) is 13.5. The van der Waals surface area contributed by atoms with Gasteiger partial charge in [0.15, 0.2) is 0 Å². The van der Waals surface area contributed by atoms with Crippen LogP contribution in [0.1, 0.15) is 44.1 Å². The molecule has 0 radical (unpaired) electrons. The first-order valence-electron chi connectivity index (χ1n) is 8.59. The van der Waals surface area contributed by atoms with Gasteiger partial charge in [0.1, 0.15) is 17.9 Å². The third-order valence-corrected chi connectivity index (χ3v) is 6.15. The second-order valence-electron chi connectivity index (χ2n) is 7.73. The van der Waals surface area contributed by atoms with Crippen molar-refractivity contribution in [1.29, 1.82) is 10.5 Å². The highest BCUT2D eigenvalue weighted by Gasteiger charge is 2.51. The molecule has 0 aliphatic heterocycles. The van der Waals surface area contributed by atoms with Crippen LogP contribution in [-0.4, -0.2) is 10.8 Å². The van der Waals surface area contributed by atoms with Gasteiger partial charge in [-0.1, -0.05) is 6.07 Å². The molecule has 5 heteroatoms. The molecule has 0 unspecified atom stereocenters. The largest absolute Gasteiger partial charge is 0.506 e. The van der Waals surface area contributed by atoms with Crippen molar-refractivity contribution in [1.82, 2.24) is 0 Å². The quantitative estimate of drug-likeness (QED) is 0.505. The SMILES string of the molecule is N#CC(C#N)=NNc1cc(C23CC4CC(CC(C4)C2)C3)ccc1O. The van der Waals surface area contributed by atoms with Crippen LogP contribution in [-0.2, 0) is 5.41 Å². The summed E-state index contributed by atoms with van der Waals surface area (Å²) < 4.78 is 0. The maximum Gasteiger partial charge on any atom is 0.237 e. The summed E-state index contributed by atoms with van der Waals surface area (Å²) in [7, 11) is 0. The maximum absolute atomic E-state index is 10.1. The minimum atomic E-state index is -0.255. The molecule has 0 saturated heterocycles. The monoisotopic (exact) mass is 320 g/mol. The maximum atomic E-state index is 10.1. The first-order chi connectivity index (χ1) is 11.6. The number of benzene rings is 1. The van der Waals surface area contributed by atoms with Gasteiger partial charge in [0.05, 0.1) is 5.69 Å². The zero-order chi connectivity index (χ0) is 16.7. The highest BCUT2D eigenvalue weighted by molar-refractivity contribution is 6.10. The minimum Gasteiger partial charge on any atom is -0.506 e. The number of anilines is 1. The predicted octanol–water partition coefficient (Wildman–Crippen LogP) is 3.68. The number of hydrazone groups is 1. The Bertz CT molecular complexity index is 732. The van der Waals surface area contributed by atoms with E-state index in [1.165, 1.54) is 44.1 Å². The Kier molecular flexibility index (Phi) is 3.46. The molecule has 4 saturated carbocycles. The van der Waals surface area contributed by atoms with Crippen LogP contribution in [0.2, 0.25) is 0 Å². The lowest BCUT2D eigenvalue weighted by Crippen LogP contribution is -2.48. The van der Waals surface area contributed by atoms with Gasteiger partial charge in [0.25, 0.3) is 0 Å². The van der Waals surface area contributed by atoms with Crippen LogP contribution in [0, 0.1) is 40.4 Å². The molecule has 0 aromatic heterocycles. The number of phenols is 1. The molecular formula is C19H20N4O. The van der Waals surface area contributed by atoms with E-state index in [2.05, 4.69) is 10.5 Å². The van der Waals surface area contributed by atoms with Crippen LogP contribution in [0.5, 0.6) is 5.75 Å². The molecular weight excluding hydrogens is 300 g/mol. The minimum absolute atomic E-state index is 0.0856. The van der Waals surface area contributed by atoms with Crippen molar-refractivity contribution < 1.29 is 5.11 Å². The number of rotatable bonds is 3. The van der Waals surface area contributed by atoms with Gasteiger partial charge in [-0.2, -0.15) is 15.6 Å². The number of nitriles is 2. The molecule has 1 aromatic carbocycles. The fourth-order valence-electron chi connectivity index (χ4n) is 5.61. The van der Waals surface area contributed by atoms with E-state index >= 15 is 0 Å². The van der Waals surface area contributed by atoms with Gasteiger partial charge in [-0.15, -0.1) is 0 Å². The molecule has 0 heterocycles. The van der Waals surface area contributed by atoms with Gasteiger partial charge in [0.2, 0.25) is 5.71 Å². The molecule has 5 rings (SSSR count). The van der Waals surface area contributed by atoms with Crippen LogP contribution >= 0.6 is 0 Å². The average molecular weight is 320 g/mol. The van der Waals surface area contributed by atoms with Crippen molar-refractivity contribution in [3.05, 3.63) is 23.8 Å². The van der Waals surface area contributed by atoms with Gasteiger partial charge < -0.3 is 5.11 Å². The Balaban J connectivity index is 1.65. The van der Waals surface area contributed by atoms with Crippen molar-refractivity contribution in [2.75, 3.05) is 5.43 Å². The fraction of sp³-hybridized carbons (Fsp3) is 0.526. The molecule has 2 N–H and O–H groups in total. The fourth-order valence-corrected chi connectivity index (χ4v) is 5.61. The molecule has 24 heavy (non-hydrogen) atoms. The van der Waals surface area contributed by atoms with Gasteiger partial charge in [-0.05, 0) is 79.4 Å². The number of aromatic hydroxyl groups is 1. The lowest BCUT2D eigenvalue weighted by atomic mass is 9.48. The normalized spacial score (nSPS) is 32.7. The number of phenolic OH excluding ortho intramolecular Hbond substituents is 1. The van der Waals surface area contributed by atoms with Crippen LogP contribution < -0.4 is 5.43 Å². The van der Waals surface area contributed by atoms with Crippen LogP contribution in [0.4, 0.5) is 5.69 Å². The second-order valence-corrected chi connectivity index (χ2v) is 7.73. The average Bonchev–Trinajstić information content (AvgIpc) is 2.56. The van der Waals surface area contributed by atoms with E-state index in [9.17, 15) is 5.11 Å². The first kappa shape index (κ1) is 15.0. The van der Waals surface area contributed by atoms with Crippen LogP contribution in [0.25, 0.3) is 0 Å². The van der Waals surface area contributed by atoms with E-state index in [0.29, 0.717) is 5.69 Å². The van der Waals surface area contributed by atoms with E-state index < -0.39 is 0 Å². The summed E-state index contributed by atoms with van der Waals surface area (Å²) >= 11 is 0. The van der Waals surface area contributed by atoms with E-state index in [1.807, 2.05) is 12.1 Å². The summed E-state index contributed by atoms with van der Waals surface area (Å²) in [6.07, 6.45) is 7.90. The Morgan fingerprint density at radius 3 is 2.21 bits per heavy atom. The van der Waals surface area contributed by atoms with Crippen molar-refractivity contribution >= 4 is 11.4 Å². The summed E-state index contributed by atoms with van der Waals surface area (Å²) in [6.45, 7) is 0. The lowest BCUT2D eigenvalue weighted by Gasteiger charge is -2.57. The smallest absolute Gasteiger partial charge is 0.237 e. The summed E-state index contributed by atoms with van der Waals surface area (Å²) in [5, 5.41) is 31.4. The molecule has 0 amide bonds. The predicted molar refractivity (Wildman–Crippen MR) is 90.2 cm³/mol.